The largest absolute Gasteiger partial charge is 0.481 e. The topological polar surface area (TPSA) is 49.3 Å². The van der Waals surface area contributed by atoms with Gasteiger partial charge in [0.15, 0.2) is 0 Å². The Morgan fingerprint density at radius 3 is 2.83 bits per heavy atom. The molecule has 1 saturated heterocycles. The summed E-state index contributed by atoms with van der Waals surface area (Å²) in [6.45, 7) is 2.94. The Bertz CT molecular complexity index is 152. The monoisotopic (exact) mass is 193 g/mol. The van der Waals surface area contributed by atoms with Crippen LogP contribution in [0.1, 0.15) is 26.2 Å². The average Bonchev–Trinajstić information content (AvgIpc) is 2.05. The summed E-state index contributed by atoms with van der Waals surface area (Å²) in [6.07, 6.45) is 2.61. The van der Waals surface area contributed by atoms with Gasteiger partial charge in [0.2, 0.25) is 0 Å². The first kappa shape index (κ1) is 11.7. The van der Waals surface area contributed by atoms with Crippen LogP contribution in [0.5, 0.6) is 0 Å². The highest BCUT2D eigenvalue weighted by Crippen LogP contribution is 2.17. The van der Waals surface area contributed by atoms with E-state index in [0.717, 1.165) is 25.8 Å². The molecular formula is C8H16ClNO2. The van der Waals surface area contributed by atoms with Gasteiger partial charge in [0.05, 0.1) is 5.92 Å². The maximum atomic E-state index is 10.6. The molecule has 3 nitrogen and oxygen atoms in total. The predicted octanol–water partition coefficient (Wildman–Crippen LogP) is 1.27. The summed E-state index contributed by atoms with van der Waals surface area (Å²) < 4.78 is 0. The fraction of sp³-hybridized carbons (Fsp3) is 0.875. The molecule has 0 radical (unpaired) electrons. The fourth-order valence-electron chi connectivity index (χ4n) is 1.54. The second kappa shape index (κ2) is 5.38. The molecular weight excluding hydrogens is 178 g/mol. The number of nitrogens with one attached hydrogen (secondary N) is 1. The molecule has 12 heavy (non-hydrogen) atoms. The standard InChI is InChI=1S/C8H15NO2.ClH/c1-2-7-5-6(8(10)11)3-4-9-7;/h6-7,9H,2-5H2,1H3,(H,10,11);1H/t6-,7-;/m1./s1. The van der Waals surface area contributed by atoms with Crippen LogP contribution in [-0.4, -0.2) is 23.7 Å². The molecule has 0 spiro atoms. The third-order valence-electron chi connectivity index (χ3n) is 2.34. The van der Waals surface area contributed by atoms with E-state index in [4.69, 9.17) is 5.11 Å². The summed E-state index contributed by atoms with van der Waals surface area (Å²) >= 11 is 0. The maximum absolute atomic E-state index is 10.6. The number of carboxylic acid groups (broad SMARTS) is 1. The molecule has 2 atom stereocenters. The molecule has 0 bridgehead atoms. The van der Waals surface area contributed by atoms with Gasteiger partial charge in [-0.05, 0) is 25.8 Å². The first-order chi connectivity index (χ1) is 5.24. The summed E-state index contributed by atoms with van der Waals surface area (Å²) in [5.41, 5.74) is 0. The Balaban J connectivity index is 0.00000121. The van der Waals surface area contributed by atoms with Crippen LogP contribution >= 0.6 is 12.4 Å². The van der Waals surface area contributed by atoms with Crippen LogP contribution < -0.4 is 5.32 Å². The normalized spacial score (nSPS) is 29.1. The van der Waals surface area contributed by atoms with Gasteiger partial charge >= 0.3 is 5.97 Å². The molecule has 72 valence electrons. The van der Waals surface area contributed by atoms with Crippen molar-refractivity contribution >= 4 is 18.4 Å². The van der Waals surface area contributed by atoms with E-state index in [9.17, 15) is 4.79 Å². The van der Waals surface area contributed by atoms with E-state index in [1.165, 1.54) is 0 Å². The zero-order valence-corrected chi connectivity index (χ0v) is 8.06. The van der Waals surface area contributed by atoms with E-state index < -0.39 is 5.97 Å². The highest BCUT2D eigenvalue weighted by atomic mass is 35.5. The van der Waals surface area contributed by atoms with Gasteiger partial charge in [0.1, 0.15) is 0 Å². The average molecular weight is 194 g/mol. The molecule has 0 unspecified atom stereocenters. The second-order valence-corrected chi connectivity index (χ2v) is 3.12. The van der Waals surface area contributed by atoms with Crippen LogP contribution in [0.15, 0.2) is 0 Å². The van der Waals surface area contributed by atoms with Gasteiger partial charge in [-0.25, -0.2) is 0 Å². The van der Waals surface area contributed by atoms with Crippen molar-refractivity contribution < 1.29 is 9.90 Å². The summed E-state index contributed by atoms with van der Waals surface area (Å²) in [4.78, 5) is 10.6. The minimum absolute atomic E-state index is 0. The van der Waals surface area contributed by atoms with E-state index in [-0.39, 0.29) is 18.3 Å². The highest BCUT2D eigenvalue weighted by molar-refractivity contribution is 5.85. The van der Waals surface area contributed by atoms with Crippen molar-refractivity contribution in [1.82, 2.24) is 5.32 Å². The zero-order chi connectivity index (χ0) is 8.27. The van der Waals surface area contributed by atoms with Gasteiger partial charge in [0, 0.05) is 6.04 Å². The van der Waals surface area contributed by atoms with Crippen molar-refractivity contribution in [3.63, 3.8) is 0 Å². The summed E-state index contributed by atoms with van der Waals surface area (Å²) in [6, 6.07) is 0.421. The molecule has 2 N–H and O–H groups in total. The lowest BCUT2D eigenvalue weighted by molar-refractivity contribution is -0.142. The Kier molecular flexibility index (Phi) is 5.25. The number of carbonyl (C=O) groups is 1. The van der Waals surface area contributed by atoms with E-state index >= 15 is 0 Å². The minimum Gasteiger partial charge on any atom is -0.481 e. The first-order valence-corrected chi connectivity index (χ1v) is 4.20. The molecule has 0 saturated carbocycles. The van der Waals surface area contributed by atoms with Gasteiger partial charge in [-0.3, -0.25) is 4.79 Å². The van der Waals surface area contributed by atoms with Crippen LogP contribution in [0, 0.1) is 5.92 Å². The number of rotatable bonds is 2. The molecule has 4 heteroatoms. The second-order valence-electron chi connectivity index (χ2n) is 3.12. The maximum Gasteiger partial charge on any atom is 0.306 e. The lowest BCUT2D eigenvalue weighted by atomic mass is 9.91. The lowest BCUT2D eigenvalue weighted by Gasteiger charge is -2.26. The minimum atomic E-state index is -0.634. The SMILES string of the molecule is CC[C@@H]1C[C@H](C(=O)O)CCN1.Cl. The molecule has 0 aromatic carbocycles. The van der Waals surface area contributed by atoms with Crippen LogP contribution in [0.25, 0.3) is 0 Å². The van der Waals surface area contributed by atoms with Crippen molar-refractivity contribution in [2.75, 3.05) is 6.54 Å². The van der Waals surface area contributed by atoms with Crippen LogP contribution in [-0.2, 0) is 4.79 Å². The van der Waals surface area contributed by atoms with Crippen molar-refractivity contribution in [2.45, 2.75) is 32.2 Å². The van der Waals surface area contributed by atoms with Crippen LogP contribution in [0.2, 0.25) is 0 Å². The smallest absolute Gasteiger partial charge is 0.306 e. The van der Waals surface area contributed by atoms with E-state index in [1.54, 1.807) is 0 Å². The number of carboxylic acids is 1. The van der Waals surface area contributed by atoms with Crippen LogP contribution in [0.4, 0.5) is 0 Å². The quantitative estimate of drug-likeness (QED) is 0.695. The Hall–Kier alpha value is -0.280. The van der Waals surface area contributed by atoms with Crippen LogP contribution in [0.3, 0.4) is 0 Å². The van der Waals surface area contributed by atoms with Gasteiger partial charge in [-0.2, -0.15) is 0 Å². The van der Waals surface area contributed by atoms with Crippen molar-refractivity contribution in [3.8, 4) is 0 Å². The third kappa shape index (κ3) is 2.99. The summed E-state index contributed by atoms with van der Waals surface area (Å²) in [5, 5.41) is 12.0. The first-order valence-electron chi connectivity index (χ1n) is 4.20. The Labute approximate surface area is 78.9 Å². The van der Waals surface area contributed by atoms with Crippen molar-refractivity contribution in [2.24, 2.45) is 5.92 Å². The zero-order valence-electron chi connectivity index (χ0n) is 7.25. The summed E-state index contributed by atoms with van der Waals surface area (Å²) in [7, 11) is 0. The number of halogens is 1. The molecule has 1 fully saturated rings. The van der Waals surface area contributed by atoms with Gasteiger partial charge in [0.25, 0.3) is 0 Å². The third-order valence-corrected chi connectivity index (χ3v) is 2.34. The number of piperidine rings is 1. The highest BCUT2D eigenvalue weighted by Gasteiger charge is 2.24. The number of hydrogen-bond acceptors (Lipinski definition) is 2. The molecule has 0 amide bonds. The number of hydrogen-bond donors (Lipinski definition) is 2. The van der Waals surface area contributed by atoms with Gasteiger partial charge in [-0.15, -0.1) is 12.4 Å². The van der Waals surface area contributed by atoms with Crippen molar-refractivity contribution in [3.05, 3.63) is 0 Å². The lowest BCUT2D eigenvalue weighted by Crippen LogP contribution is -2.39. The van der Waals surface area contributed by atoms with Gasteiger partial charge < -0.3 is 10.4 Å². The Morgan fingerprint density at radius 2 is 2.33 bits per heavy atom. The van der Waals surface area contributed by atoms with E-state index in [2.05, 4.69) is 12.2 Å². The fourth-order valence-corrected chi connectivity index (χ4v) is 1.54. The molecule has 1 heterocycles. The molecule has 0 aliphatic carbocycles. The van der Waals surface area contributed by atoms with E-state index in [0.29, 0.717) is 6.04 Å². The molecule has 0 aromatic rings. The molecule has 1 aliphatic heterocycles. The molecule has 1 rings (SSSR count). The molecule has 0 aromatic heterocycles. The number of aliphatic carboxylic acids is 1. The molecule has 1 aliphatic rings. The Morgan fingerprint density at radius 1 is 1.67 bits per heavy atom. The van der Waals surface area contributed by atoms with Gasteiger partial charge in [-0.1, -0.05) is 6.92 Å². The van der Waals surface area contributed by atoms with Crippen molar-refractivity contribution in [1.29, 1.82) is 0 Å². The van der Waals surface area contributed by atoms with E-state index in [1.807, 2.05) is 0 Å². The predicted molar refractivity (Wildman–Crippen MR) is 49.7 cm³/mol. The summed E-state index contributed by atoms with van der Waals surface area (Å²) in [5.74, 6) is -0.744.